The molecule has 5 nitrogen and oxygen atoms in total. The van der Waals surface area contributed by atoms with Crippen molar-refractivity contribution < 1.29 is 13.3 Å². The van der Waals surface area contributed by atoms with E-state index >= 15 is 0 Å². The van der Waals surface area contributed by atoms with Gasteiger partial charge in [0.05, 0.1) is 7.11 Å². The minimum atomic E-state index is -3.65. The molecule has 6 heteroatoms. The van der Waals surface area contributed by atoms with Crippen molar-refractivity contribution in [1.82, 2.24) is 4.47 Å². The smallest absolute Gasteiger partial charge is 0.287 e. The first-order valence-electron chi connectivity index (χ1n) is 2.37. The lowest BCUT2D eigenvalue weighted by Crippen LogP contribution is -2.35. The second-order valence-corrected chi connectivity index (χ2v) is 2.78. The van der Waals surface area contributed by atoms with Crippen LogP contribution in [0.15, 0.2) is 0 Å². The summed E-state index contributed by atoms with van der Waals surface area (Å²) in [7, 11) is -2.41. The Bertz CT molecular complexity index is 160. The van der Waals surface area contributed by atoms with Crippen molar-refractivity contribution in [3.8, 4) is 0 Å². The summed E-state index contributed by atoms with van der Waals surface area (Å²) in [6.07, 6.45) is 0. The van der Waals surface area contributed by atoms with Crippen LogP contribution in [-0.4, -0.2) is 26.5 Å². The van der Waals surface area contributed by atoms with Crippen molar-refractivity contribution in [2.75, 3.05) is 13.7 Å². The van der Waals surface area contributed by atoms with E-state index in [1.807, 2.05) is 0 Å². The normalized spacial score (nSPS) is 12.4. The van der Waals surface area contributed by atoms with Gasteiger partial charge in [0.25, 0.3) is 10.2 Å². The van der Waals surface area contributed by atoms with Crippen molar-refractivity contribution in [3.63, 3.8) is 0 Å². The van der Waals surface area contributed by atoms with Crippen molar-refractivity contribution in [1.29, 1.82) is 0 Å². The molecule has 0 heterocycles. The summed E-state index contributed by atoms with van der Waals surface area (Å²) in [4.78, 5) is 4.38. The largest absolute Gasteiger partial charge is 0.299 e. The van der Waals surface area contributed by atoms with Crippen LogP contribution in [0, 0.1) is 0 Å². The molecule has 0 amide bonds. The van der Waals surface area contributed by atoms with Crippen LogP contribution in [0.2, 0.25) is 0 Å². The number of hydrogen-bond donors (Lipinski definition) is 1. The van der Waals surface area contributed by atoms with E-state index in [1.54, 1.807) is 6.92 Å². The van der Waals surface area contributed by atoms with Gasteiger partial charge in [0, 0.05) is 6.54 Å². The van der Waals surface area contributed by atoms with E-state index in [-0.39, 0.29) is 6.54 Å². The molecular formula is C3H10N2O3S. The van der Waals surface area contributed by atoms with Crippen molar-refractivity contribution in [2.45, 2.75) is 6.92 Å². The Hall–Kier alpha value is -0.170. The summed E-state index contributed by atoms with van der Waals surface area (Å²) in [6, 6.07) is 0. The van der Waals surface area contributed by atoms with Gasteiger partial charge in [-0.25, -0.2) is 5.14 Å². The van der Waals surface area contributed by atoms with Crippen molar-refractivity contribution in [3.05, 3.63) is 0 Å². The van der Waals surface area contributed by atoms with Gasteiger partial charge in [0.1, 0.15) is 0 Å². The average molecular weight is 154 g/mol. The molecule has 2 N–H and O–H groups in total. The van der Waals surface area contributed by atoms with E-state index in [9.17, 15) is 8.42 Å². The molecule has 0 aliphatic heterocycles. The maximum Gasteiger partial charge on any atom is 0.299 e. The van der Waals surface area contributed by atoms with Gasteiger partial charge in [-0.15, -0.1) is 0 Å². The number of rotatable bonds is 3. The summed E-state index contributed by atoms with van der Waals surface area (Å²) in [6.45, 7) is 1.84. The Morgan fingerprint density at radius 2 is 2.11 bits per heavy atom. The molecule has 0 fully saturated rings. The average Bonchev–Trinajstić information content (AvgIpc) is 1.65. The molecular weight excluding hydrogens is 144 g/mol. The van der Waals surface area contributed by atoms with Gasteiger partial charge in [-0.2, -0.15) is 8.42 Å². The fourth-order valence-electron chi connectivity index (χ4n) is 0.413. The summed E-state index contributed by atoms with van der Waals surface area (Å²) in [5, 5.41) is 4.67. The van der Waals surface area contributed by atoms with Crippen LogP contribution in [0.25, 0.3) is 0 Å². The van der Waals surface area contributed by atoms with E-state index in [0.29, 0.717) is 4.47 Å². The van der Waals surface area contributed by atoms with E-state index in [2.05, 4.69) is 9.98 Å². The highest BCUT2D eigenvalue weighted by Crippen LogP contribution is 1.90. The molecule has 0 bridgehead atoms. The van der Waals surface area contributed by atoms with Gasteiger partial charge in [0.2, 0.25) is 0 Å². The Morgan fingerprint density at radius 3 is 2.11 bits per heavy atom. The van der Waals surface area contributed by atoms with Crippen LogP contribution < -0.4 is 5.14 Å². The fourth-order valence-corrected chi connectivity index (χ4v) is 0.981. The van der Waals surface area contributed by atoms with Gasteiger partial charge >= 0.3 is 0 Å². The van der Waals surface area contributed by atoms with Gasteiger partial charge in [-0.1, -0.05) is 4.47 Å². The molecule has 0 radical (unpaired) electrons. The molecule has 0 aromatic rings. The number of hydrogen-bond acceptors (Lipinski definition) is 3. The van der Waals surface area contributed by atoms with Gasteiger partial charge < -0.3 is 0 Å². The maximum atomic E-state index is 10.4. The Morgan fingerprint density at radius 1 is 1.67 bits per heavy atom. The first-order valence-corrected chi connectivity index (χ1v) is 3.87. The molecule has 0 aromatic carbocycles. The third kappa shape index (κ3) is 2.75. The zero-order valence-corrected chi connectivity index (χ0v) is 6.18. The zero-order chi connectivity index (χ0) is 7.49. The highest BCUT2D eigenvalue weighted by molar-refractivity contribution is 7.86. The zero-order valence-electron chi connectivity index (χ0n) is 5.36. The molecule has 9 heavy (non-hydrogen) atoms. The highest BCUT2D eigenvalue weighted by atomic mass is 32.2. The summed E-state index contributed by atoms with van der Waals surface area (Å²) in [5.41, 5.74) is 0. The minimum Gasteiger partial charge on any atom is -0.287 e. The lowest BCUT2D eigenvalue weighted by atomic mass is 10.8. The number of nitrogens with zero attached hydrogens (tertiary/aromatic N) is 1. The quantitative estimate of drug-likeness (QED) is 0.534. The lowest BCUT2D eigenvalue weighted by molar-refractivity contribution is -0.0442. The Balaban J connectivity index is 4.14. The topological polar surface area (TPSA) is 72.6 Å². The third-order valence-electron chi connectivity index (χ3n) is 0.746. The van der Waals surface area contributed by atoms with Crippen LogP contribution in [0.5, 0.6) is 0 Å². The molecule has 0 saturated carbocycles. The maximum absolute atomic E-state index is 10.4. The van der Waals surface area contributed by atoms with E-state index < -0.39 is 10.2 Å². The minimum absolute atomic E-state index is 0.218. The van der Waals surface area contributed by atoms with Gasteiger partial charge in [0.15, 0.2) is 0 Å². The standard InChI is InChI=1S/C3H10N2O3S/c1-3-5(8-2)9(4,6)7/h3H2,1-2H3,(H2,4,6,7). The molecule has 0 aromatic heterocycles. The third-order valence-corrected chi connectivity index (χ3v) is 1.72. The Labute approximate surface area is 54.5 Å². The van der Waals surface area contributed by atoms with Crippen LogP contribution >= 0.6 is 0 Å². The first-order chi connectivity index (χ1) is 4.02. The molecule has 0 spiro atoms. The molecule has 56 valence electrons. The summed E-state index contributed by atoms with van der Waals surface area (Å²) < 4.78 is 21.4. The summed E-state index contributed by atoms with van der Waals surface area (Å²) >= 11 is 0. The molecule has 0 atom stereocenters. The number of hydroxylamine groups is 1. The highest BCUT2D eigenvalue weighted by Gasteiger charge is 2.12. The molecule has 0 unspecified atom stereocenters. The van der Waals surface area contributed by atoms with Crippen molar-refractivity contribution in [2.24, 2.45) is 5.14 Å². The van der Waals surface area contributed by atoms with Crippen LogP contribution in [0.1, 0.15) is 6.92 Å². The molecule has 0 saturated heterocycles. The SMILES string of the molecule is CCN(OC)S(N)(=O)=O. The van der Waals surface area contributed by atoms with Gasteiger partial charge in [-0.05, 0) is 6.92 Å². The Kier molecular flexibility index (Phi) is 3.06. The monoisotopic (exact) mass is 154 g/mol. The molecule has 0 aliphatic rings. The van der Waals surface area contributed by atoms with Crippen LogP contribution in [0.4, 0.5) is 0 Å². The van der Waals surface area contributed by atoms with E-state index in [0.717, 1.165) is 0 Å². The number of nitrogens with two attached hydrogens (primary N) is 1. The fraction of sp³-hybridized carbons (Fsp3) is 1.00. The predicted octanol–water partition coefficient (Wildman–Crippen LogP) is -0.927. The second kappa shape index (κ2) is 3.11. The summed E-state index contributed by atoms with van der Waals surface area (Å²) in [5.74, 6) is 0. The second-order valence-electron chi connectivity index (χ2n) is 1.35. The van der Waals surface area contributed by atoms with Crippen LogP contribution in [-0.2, 0) is 15.0 Å². The van der Waals surface area contributed by atoms with Crippen LogP contribution in [0.3, 0.4) is 0 Å². The van der Waals surface area contributed by atoms with Gasteiger partial charge in [-0.3, -0.25) is 4.84 Å². The first kappa shape index (κ1) is 8.83. The van der Waals surface area contributed by atoms with E-state index in [1.165, 1.54) is 7.11 Å². The lowest BCUT2D eigenvalue weighted by Gasteiger charge is -2.12. The van der Waals surface area contributed by atoms with E-state index in [4.69, 9.17) is 0 Å². The molecule has 0 aliphatic carbocycles. The predicted molar refractivity (Wildman–Crippen MR) is 32.5 cm³/mol. The molecule has 0 rings (SSSR count). The van der Waals surface area contributed by atoms with Crippen molar-refractivity contribution >= 4 is 10.2 Å².